The summed E-state index contributed by atoms with van der Waals surface area (Å²) in [5.41, 5.74) is -0.276. The minimum absolute atomic E-state index is 0.355. The highest BCUT2D eigenvalue weighted by atomic mass is 19.4. The Labute approximate surface area is 142 Å². The monoisotopic (exact) mass is 351 g/mol. The molecule has 0 spiro atoms. The van der Waals surface area contributed by atoms with Gasteiger partial charge < -0.3 is 5.32 Å². The van der Waals surface area contributed by atoms with Crippen molar-refractivity contribution in [2.75, 3.05) is 5.32 Å². The van der Waals surface area contributed by atoms with Gasteiger partial charge in [0.25, 0.3) is 5.91 Å². The molecule has 0 radical (unpaired) electrons. The number of benzene rings is 2. The number of alkyl halides is 3. The maximum Gasteiger partial charge on any atom is 0.417 e. The van der Waals surface area contributed by atoms with Crippen molar-refractivity contribution in [3.63, 3.8) is 0 Å². The second-order valence-electron chi connectivity index (χ2n) is 6.83. The lowest BCUT2D eigenvalue weighted by molar-refractivity contribution is -0.137. The highest BCUT2D eigenvalue weighted by Gasteiger charge is 2.36. The fourth-order valence-corrected chi connectivity index (χ4v) is 3.41. The van der Waals surface area contributed by atoms with Crippen molar-refractivity contribution in [3.8, 4) is 0 Å². The molecule has 0 saturated heterocycles. The largest absolute Gasteiger partial charge is 0.417 e. The molecule has 0 aromatic heterocycles. The van der Waals surface area contributed by atoms with E-state index in [0.29, 0.717) is 29.7 Å². The number of hydrogen-bond acceptors (Lipinski definition) is 1. The summed E-state index contributed by atoms with van der Waals surface area (Å²) in [5.74, 6) is -1.21. The van der Waals surface area contributed by atoms with Gasteiger partial charge >= 0.3 is 6.18 Å². The van der Waals surface area contributed by atoms with E-state index in [4.69, 9.17) is 0 Å². The van der Waals surface area contributed by atoms with Crippen LogP contribution in [0.3, 0.4) is 0 Å². The van der Waals surface area contributed by atoms with E-state index in [0.717, 1.165) is 12.1 Å². The van der Waals surface area contributed by atoms with Crippen molar-refractivity contribution in [1.82, 2.24) is 0 Å². The average molecular weight is 351 g/mol. The fourth-order valence-electron chi connectivity index (χ4n) is 3.41. The lowest BCUT2D eigenvalue weighted by atomic mass is 9.86. The summed E-state index contributed by atoms with van der Waals surface area (Å²) in [6, 6.07) is 7.26. The van der Waals surface area contributed by atoms with Crippen molar-refractivity contribution in [2.45, 2.75) is 38.3 Å². The third-order valence-electron chi connectivity index (χ3n) is 4.66. The van der Waals surface area contributed by atoms with Gasteiger partial charge in [0.2, 0.25) is 0 Å². The number of carbonyl (C=O) groups is 1. The number of fused-ring (bicyclic) bond motifs is 1. The van der Waals surface area contributed by atoms with Crippen LogP contribution in [-0.2, 0) is 18.0 Å². The first kappa shape index (κ1) is 17.5. The molecule has 1 N–H and O–H groups in total. The maximum absolute atomic E-state index is 14.2. The third-order valence-corrected chi connectivity index (χ3v) is 4.66. The van der Waals surface area contributed by atoms with Gasteiger partial charge in [-0.2, -0.15) is 13.2 Å². The predicted octanol–water partition coefficient (Wildman–Crippen LogP) is 5.32. The van der Waals surface area contributed by atoms with Gasteiger partial charge in [0, 0.05) is 5.69 Å². The van der Waals surface area contributed by atoms with Crippen molar-refractivity contribution < 1.29 is 22.4 Å². The van der Waals surface area contributed by atoms with Crippen LogP contribution in [0.2, 0.25) is 0 Å². The van der Waals surface area contributed by atoms with E-state index in [1.165, 1.54) is 24.3 Å². The third kappa shape index (κ3) is 3.13. The molecule has 1 aliphatic rings. The number of amides is 1. The van der Waals surface area contributed by atoms with Crippen LogP contribution >= 0.6 is 0 Å². The number of hydrogen-bond donors (Lipinski definition) is 1. The topological polar surface area (TPSA) is 29.1 Å². The highest BCUT2D eigenvalue weighted by molar-refractivity contribution is 6.06. The van der Waals surface area contributed by atoms with Crippen molar-refractivity contribution >= 4 is 11.6 Å². The fraction of sp³-hybridized carbons (Fsp3) is 0.316. The first-order chi connectivity index (χ1) is 11.6. The smallest absolute Gasteiger partial charge is 0.322 e. The molecular formula is C19H17F4NO. The molecule has 0 aliphatic heterocycles. The molecule has 132 valence electrons. The Morgan fingerprint density at radius 2 is 1.80 bits per heavy atom. The Balaban J connectivity index is 1.98. The molecule has 1 amide bonds. The van der Waals surface area contributed by atoms with Crippen molar-refractivity contribution in [2.24, 2.45) is 0 Å². The molecule has 1 aliphatic carbocycles. The van der Waals surface area contributed by atoms with E-state index in [1.807, 2.05) is 13.8 Å². The molecule has 0 unspecified atom stereocenters. The molecule has 0 atom stereocenters. The predicted molar refractivity (Wildman–Crippen MR) is 87.1 cm³/mol. The zero-order valence-corrected chi connectivity index (χ0v) is 13.8. The molecular weight excluding hydrogens is 334 g/mol. The van der Waals surface area contributed by atoms with Gasteiger partial charge in [0.05, 0.1) is 11.1 Å². The first-order valence-corrected chi connectivity index (χ1v) is 7.91. The molecule has 0 fully saturated rings. The van der Waals surface area contributed by atoms with E-state index in [9.17, 15) is 22.4 Å². The average Bonchev–Trinajstić information content (AvgIpc) is 2.86. The summed E-state index contributed by atoms with van der Waals surface area (Å²) in [5, 5.41) is 2.53. The Hall–Kier alpha value is -2.37. The second-order valence-corrected chi connectivity index (χ2v) is 6.83. The van der Waals surface area contributed by atoms with Gasteiger partial charge in [0.15, 0.2) is 0 Å². The van der Waals surface area contributed by atoms with Crippen LogP contribution in [0.15, 0.2) is 36.4 Å². The molecule has 0 bridgehead atoms. The van der Waals surface area contributed by atoms with Crippen LogP contribution in [0.1, 0.15) is 47.3 Å². The van der Waals surface area contributed by atoms with Gasteiger partial charge in [-0.15, -0.1) is 0 Å². The van der Waals surface area contributed by atoms with Gasteiger partial charge in [-0.05, 0) is 53.6 Å². The molecule has 0 heterocycles. The molecule has 2 aromatic rings. The SMILES string of the molecule is CC1(C)CCc2c(NC(=O)c3ccccc3C(F)(F)F)ccc(F)c21. The zero-order valence-electron chi connectivity index (χ0n) is 13.8. The molecule has 2 aromatic carbocycles. The summed E-state index contributed by atoms with van der Waals surface area (Å²) in [6.45, 7) is 3.82. The normalized spacial score (nSPS) is 15.8. The van der Waals surface area contributed by atoms with Crippen molar-refractivity contribution in [1.29, 1.82) is 0 Å². The van der Waals surface area contributed by atoms with Crippen LogP contribution in [0, 0.1) is 5.82 Å². The minimum atomic E-state index is -4.62. The van der Waals surface area contributed by atoms with Crippen LogP contribution < -0.4 is 5.32 Å². The summed E-state index contributed by atoms with van der Waals surface area (Å²) in [6.07, 6.45) is -3.34. The molecule has 6 heteroatoms. The lowest BCUT2D eigenvalue weighted by Gasteiger charge is -2.20. The highest BCUT2D eigenvalue weighted by Crippen LogP contribution is 2.43. The Morgan fingerprint density at radius 1 is 1.12 bits per heavy atom. The summed E-state index contributed by atoms with van der Waals surface area (Å²) >= 11 is 0. The molecule has 2 nitrogen and oxygen atoms in total. The number of anilines is 1. The van der Waals surface area contributed by atoms with Gasteiger partial charge in [-0.1, -0.05) is 26.0 Å². The molecule has 3 rings (SSSR count). The molecule has 25 heavy (non-hydrogen) atoms. The van der Waals surface area contributed by atoms with Crippen LogP contribution in [0.5, 0.6) is 0 Å². The van der Waals surface area contributed by atoms with Crippen LogP contribution in [-0.4, -0.2) is 5.91 Å². The summed E-state index contributed by atoms with van der Waals surface area (Å²) in [4.78, 5) is 12.4. The number of carbonyl (C=O) groups excluding carboxylic acids is 1. The minimum Gasteiger partial charge on any atom is -0.322 e. The Bertz CT molecular complexity index is 840. The number of halogens is 4. The van der Waals surface area contributed by atoms with Crippen LogP contribution in [0.4, 0.5) is 23.2 Å². The van der Waals surface area contributed by atoms with Crippen molar-refractivity contribution in [3.05, 3.63) is 64.5 Å². The van der Waals surface area contributed by atoms with Gasteiger partial charge in [-0.25, -0.2) is 4.39 Å². The number of rotatable bonds is 2. The van der Waals surface area contributed by atoms with Crippen LogP contribution in [0.25, 0.3) is 0 Å². The molecule has 0 saturated carbocycles. The Morgan fingerprint density at radius 3 is 2.48 bits per heavy atom. The number of nitrogens with one attached hydrogen (secondary N) is 1. The maximum atomic E-state index is 14.2. The van der Waals surface area contributed by atoms with E-state index in [-0.39, 0.29) is 11.2 Å². The van der Waals surface area contributed by atoms with Gasteiger partial charge in [-0.3, -0.25) is 4.79 Å². The quantitative estimate of drug-likeness (QED) is 0.729. The van der Waals surface area contributed by atoms with E-state index in [2.05, 4.69) is 5.32 Å². The summed E-state index contributed by atoms with van der Waals surface area (Å²) < 4.78 is 53.5. The standard InChI is InChI=1S/C19H17F4NO/c1-18(2)10-9-12-15(8-7-14(20)16(12)18)24-17(25)11-5-3-4-6-13(11)19(21,22)23/h3-8H,9-10H2,1-2H3,(H,24,25). The Kier molecular flexibility index (Phi) is 4.09. The summed E-state index contributed by atoms with van der Waals surface area (Å²) in [7, 11) is 0. The van der Waals surface area contributed by atoms with E-state index in [1.54, 1.807) is 0 Å². The first-order valence-electron chi connectivity index (χ1n) is 7.91. The second kappa shape index (κ2) is 5.86. The van der Waals surface area contributed by atoms with E-state index < -0.39 is 23.2 Å². The van der Waals surface area contributed by atoms with Gasteiger partial charge in [0.1, 0.15) is 5.82 Å². The zero-order chi connectivity index (χ0) is 18.4. The van der Waals surface area contributed by atoms with E-state index >= 15 is 0 Å². The lowest BCUT2D eigenvalue weighted by Crippen LogP contribution is -2.20.